The first kappa shape index (κ1) is 14.8. The van der Waals surface area contributed by atoms with Crippen LogP contribution >= 0.6 is 11.3 Å². The summed E-state index contributed by atoms with van der Waals surface area (Å²) >= 11 is 1.75. The molecular formula is C15H19NO3S. The molecule has 0 saturated carbocycles. The van der Waals surface area contributed by atoms with Gasteiger partial charge >= 0.3 is 5.97 Å². The van der Waals surface area contributed by atoms with E-state index in [-0.39, 0.29) is 5.76 Å². The van der Waals surface area contributed by atoms with Crippen molar-refractivity contribution in [2.75, 3.05) is 7.11 Å². The van der Waals surface area contributed by atoms with Crippen molar-refractivity contribution in [3.05, 3.63) is 46.0 Å². The highest BCUT2D eigenvalue weighted by Gasteiger charge is 2.17. The topological polar surface area (TPSA) is 51.5 Å². The Kier molecular flexibility index (Phi) is 5.38. The van der Waals surface area contributed by atoms with Crippen molar-refractivity contribution in [2.24, 2.45) is 0 Å². The number of thiophene rings is 1. The summed E-state index contributed by atoms with van der Waals surface area (Å²) in [5, 5.41) is 5.57. The van der Waals surface area contributed by atoms with Crippen LogP contribution in [-0.4, -0.2) is 13.1 Å². The van der Waals surface area contributed by atoms with Gasteiger partial charge in [0.1, 0.15) is 0 Å². The molecule has 0 radical (unpaired) electrons. The Morgan fingerprint density at radius 2 is 2.35 bits per heavy atom. The number of nitrogens with one attached hydrogen (secondary N) is 1. The van der Waals surface area contributed by atoms with E-state index < -0.39 is 5.97 Å². The number of furan rings is 1. The SMILES string of the molecule is CCCC(NCc1ccoc1C(=O)OC)c1cccs1. The molecule has 1 atom stereocenters. The maximum absolute atomic E-state index is 11.6. The molecule has 0 spiro atoms. The van der Waals surface area contributed by atoms with Crippen LogP contribution in [0.4, 0.5) is 0 Å². The summed E-state index contributed by atoms with van der Waals surface area (Å²) in [4.78, 5) is 12.9. The molecule has 0 saturated heterocycles. The molecule has 20 heavy (non-hydrogen) atoms. The Bertz CT molecular complexity index is 533. The molecule has 2 aromatic heterocycles. The second-order valence-electron chi connectivity index (χ2n) is 4.50. The quantitative estimate of drug-likeness (QED) is 0.790. The maximum atomic E-state index is 11.6. The Labute approximate surface area is 122 Å². The molecule has 1 unspecified atom stereocenters. The fourth-order valence-corrected chi connectivity index (χ4v) is 2.94. The van der Waals surface area contributed by atoms with Crippen molar-refractivity contribution in [1.29, 1.82) is 0 Å². The predicted molar refractivity (Wildman–Crippen MR) is 78.9 cm³/mol. The molecule has 0 bridgehead atoms. The molecule has 0 aliphatic carbocycles. The maximum Gasteiger partial charge on any atom is 0.374 e. The van der Waals surface area contributed by atoms with Crippen molar-refractivity contribution >= 4 is 17.3 Å². The second kappa shape index (κ2) is 7.26. The molecule has 2 rings (SSSR count). The third kappa shape index (κ3) is 3.49. The van der Waals surface area contributed by atoms with Crippen LogP contribution in [0.2, 0.25) is 0 Å². The number of hydrogen-bond acceptors (Lipinski definition) is 5. The van der Waals surface area contributed by atoms with E-state index in [1.807, 2.05) is 0 Å². The number of carbonyl (C=O) groups excluding carboxylic acids is 1. The predicted octanol–water partition coefficient (Wildman–Crippen LogP) is 3.76. The Morgan fingerprint density at radius 3 is 3.00 bits per heavy atom. The van der Waals surface area contributed by atoms with Crippen molar-refractivity contribution in [3.63, 3.8) is 0 Å². The van der Waals surface area contributed by atoms with Gasteiger partial charge in [0.15, 0.2) is 0 Å². The molecule has 2 heterocycles. The van der Waals surface area contributed by atoms with Crippen LogP contribution in [-0.2, 0) is 11.3 Å². The van der Waals surface area contributed by atoms with Crippen LogP contribution in [0.5, 0.6) is 0 Å². The first-order valence-corrected chi connectivity index (χ1v) is 7.55. The molecule has 4 nitrogen and oxygen atoms in total. The van der Waals surface area contributed by atoms with E-state index in [1.165, 1.54) is 18.3 Å². The lowest BCUT2D eigenvalue weighted by molar-refractivity contribution is 0.0563. The molecule has 0 aliphatic heterocycles. The minimum atomic E-state index is -0.435. The van der Waals surface area contributed by atoms with E-state index in [2.05, 4.69) is 29.8 Å². The zero-order chi connectivity index (χ0) is 14.4. The zero-order valence-electron chi connectivity index (χ0n) is 11.7. The zero-order valence-corrected chi connectivity index (χ0v) is 12.5. The Hall–Kier alpha value is -1.59. The van der Waals surface area contributed by atoms with Crippen LogP contribution in [0.1, 0.15) is 46.8 Å². The highest BCUT2D eigenvalue weighted by atomic mass is 32.1. The van der Waals surface area contributed by atoms with Gasteiger partial charge in [-0.05, 0) is 23.9 Å². The van der Waals surface area contributed by atoms with Crippen LogP contribution in [0.25, 0.3) is 0 Å². The van der Waals surface area contributed by atoms with E-state index in [4.69, 9.17) is 9.15 Å². The van der Waals surface area contributed by atoms with Gasteiger partial charge < -0.3 is 14.5 Å². The summed E-state index contributed by atoms with van der Waals surface area (Å²) in [5.74, 6) is -0.156. The van der Waals surface area contributed by atoms with E-state index in [0.717, 1.165) is 18.4 Å². The van der Waals surface area contributed by atoms with Gasteiger partial charge in [0.25, 0.3) is 0 Å². The first-order chi connectivity index (χ1) is 9.76. The second-order valence-corrected chi connectivity index (χ2v) is 5.48. The van der Waals surface area contributed by atoms with Gasteiger partial charge in [-0.3, -0.25) is 0 Å². The third-order valence-electron chi connectivity index (χ3n) is 3.12. The number of carbonyl (C=O) groups is 1. The van der Waals surface area contributed by atoms with Crippen LogP contribution in [0, 0.1) is 0 Å². The minimum Gasteiger partial charge on any atom is -0.463 e. The fourth-order valence-electron chi connectivity index (χ4n) is 2.10. The van der Waals surface area contributed by atoms with Crippen LogP contribution in [0.15, 0.2) is 34.3 Å². The number of ether oxygens (including phenoxy) is 1. The molecule has 0 aliphatic rings. The lowest BCUT2D eigenvalue weighted by Crippen LogP contribution is -2.21. The summed E-state index contributed by atoms with van der Waals surface area (Å²) in [7, 11) is 1.35. The van der Waals surface area contributed by atoms with Gasteiger partial charge in [-0.2, -0.15) is 0 Å². The van der Waals surface area contributed by atoms with Crippen molar-refractivity contribution in [1.82, 2.24) is 5.32 Å². The summed E-state index contributed by atoms with van der Waals surface area (Å²) in [5.41, 5.74) is 0.828. The van der Waals surface area contributed by atoms with E-state index in [1.54, 1.807) is 17.4 Å². The van der Waals surface area contributed by atoms with Gasteiger partial charge in [-0.15, -0.1) is 11.3 Å². The summed E-state index contributed by atoms with van der Waals surface area (Å²) in [6, 6.07) is 6.30. The van der Waals surface area contributed by atoms with E-state index in [9.17, 15) is 4.79 Å². The Morgan fingerprint density at radius 1 is 1.50 bits per heavy atom. The fraction of sp³-hybridized carbons (Fsp3) is 0.400. The van der Waals surface area contributed by atoms with Gasteiger partial charge in [-0.25, -0.2) is 4.79 Å². The highest BCUT2D eigenvalue weighted by Crippen LogP contribution is 2.24. The summed E-state index contributed by atoms with van der Waals surface area (Å²) in [6.07, 6.45) is 3.68. The monoisotopic (exact) mass is 293 g/mol. The van der Waals surface area contributed by atoms with Crippen molar-refractivity contribution < 1.29 is 13.9 Å². The minimum absolute atomic E-state index is 0.279. The Balaban J connectivity index is 2.03. The number of esters is 1. The van der Waals surface area contributed by atoms with E-state index >= 15 is 0 Å². The largest absolute Gasteiger partial charge is 0.463 e. The molecule has 5 heteroatoms. The van der Waals surface area contributed by atoms with Crippen molar-refractivity contribution in [2.45, 2.75) is 32.4 Å². The van der Waals surface area contributed by atoms with Crippen LogP contribution < -0.4 is 5.32 Å². The normalized spacial score (nSPS) is 12.3. The average molecular weight is 293 g/mol. The van der Waals surface area contributed by atoms with Gasteiger partial charge in [0.05, 0.1) is 13.4 Å². The van der Waals surface area contributed by atoms with Gasteiger partial charge in [0.2, 0.25) is 5.76 Å². The summed E-state index contributed by atoms with van der Waals surface area (Å²) in [6.45, 7) is 2.75. The molecule has 0 amide bonds. The lowest BCUT2D eigenvalue weighted by Gasteiger charge is -2.16. The number of methoxy groups -OCH3 is 1. The van der Waals surface area contributed by atoms with Crippen LogP contribution in [0.3, 0.4) is 0 Å². The molecule has 1 N–H and O–H groups in total. The molecule has 0 aromatic carbocycles. The molecular weight excluding hydrogens is 274 g/mol. The van der Waals surface area contributed by atoms with Gasteiger partial charge in [0, 0.05) is 23.0 Å². The lowest BCUT2D eigenvalue weighted by atomic mass is 10.1. The first-order valence-electron chi connectivity index (χ1n) is 6.67. The molecule has 2 aromatic rings. The van der Waals surface area contributed by atoms with Crippen molar-refractivity contribution in [3.8, 4) is 0 Å². The highest BCUT2D eigenvalue weighted by molar-refractivity contribution is 7.10. The smallest absolute Gasteiger partial charge is 0.374 e. The molecule has 0 fully saturated rings. The number of rotatable bonds is 7. The van der Waals surface area contributed by atoms with E-state index in [0.29, 0.717) is 12.6 Å². The van der Waals surface area contributed by atoms with Gasteiger partial charge in [-0.1, -0.05) is 19.4 Å². The summed E-state index contributed by atoms with van der Waals surface area (Å²) < 4.78 is 9.89. The average Bonchev–Trinajstić information content (AvgIpc) is 3.13. The molecule has 108 valence electrons. The standard InChI is InChI=1S/C15H19NO3S/c1-3-5-12(13-6-4-9-20-13)16-10-11-7-8-19-14(11)15(17)18-2/h4,6-9,12,16H,3,5,10H2,1-2H3. The number of hydrogen-bond donors (Lipinski definition) is 1. The third-order valence-corrected chi connectivity index (χ3v) is 4.11.